The van der Waals surface area contributed by atoms with Crippen LogP contribution < -0.4 is 16.4 Å². The molecule has 0 spiro atoms. The second-order valence-electron chi connectivity index (χ2n) is 7.32. The van der Waals surface area contributed by atoms with Gasteiger partial charge in [-0.25, -0.2) is 23.7 Å². The third-order valence-corrected chi connectivity index (χ3v) is 5.57. The largest absolute Gasteiger partial charge is 0.383 e. The van der Waals surface area contributed by atoms with E-state index in [0.717, 1.165) is 0 Å². The zero-order valence-corrected chi connectivity index (χ0v) is 18.1. The van der Waals surface area contributed by atoms with E-state index in [0.29, 0.717) is 21.7 Å². The average molecular weight is 477 g/mol. The average Bonchev–Trinajstić information content (AvgIpc) is 2.84. The van der Waals surface area contributed by atoms with Crippen LogP contribution in [-0.2, 0) is 0 Å². The Morgan fingerprint density at radius 2 is 1.74 bits per heavy atom. The van der Waals surface area contributed by atoms with Gasteiger partial charge in [-0.1, -0.05) is 23.7 Å². The molecule has 7 nitrogen and oxygen atoms in total. The third-order valence-electron chi connectivity index (χ3n) is 5.28. The monoisotopic (exact) mass is 476 g/mol. The lowest BCUT2D eigenvalue weighted by Crippen LogP contribution is -2.14. The van der Waals surface area contributed by atoms with Crippen molar-refractivity contribution in [1.82, 2.24) is 15.0 Å². The highest BCUT2D eigenvalue weighted by atomic mass is 35.5. The number of carbonyl (C=O) groups excluding carboxylic acids is 1. The molecule has 0 fully saturated rings. The van der Waals surface area contributed by atoms with Gasteiger partial charge in [0.15, 0.2) is 5.82 Å². The molecule has 2 aromatic heterocycles. The summed E-state index contributed by atoms with van der Waals surface area (Å²) in [4.78, 5) is 25.4. The number of nitrogens with zero attached hydrogens (tertiary/aromatic N) is 3. The van der Waals surface area contributed by atoms with Crippen molar-refractivity contribution in [3.05, 3.63) is 89.3 Å². The van der Waals surface area contributed by atoms with Gasteiger partial charge in [-0.15, -0.1) is 0 Å². The van der Waals surface area contributed by atoms with Gasteiger partial charge in [0.25, 0.3) is 5.91 Å². The summed E-state index contributed by atoms with van der Waals surface area (Å²) in [6, 6.07) is 13.6. The Morgan fingerprint density at radius 1 is 0.912 bits per heavy atom. The molecule has 0 atom stereocenters. The summed E-state index contributed by atoms with van der Waals surface area (Å²) in [5.41, 5.74) is 6.48. The standard InChI is InChI=1S/C24H15ClF2N6O/c25-16-5-2-6-18(19(16)27)32-23-13-7-8-17(26)21(12(13)9-10-29-23)33-24(34)15-4-1-3-14-20(15)30-11-31-22(14)28/h1-11H,(H,29,32)(H,33,34)(H2,28,30,31). The summed E-state index contributed by atoms with van der Waals surface area (Å²) < 4.78 is 29.3. The van der Waals surface area contributed by atoms with Crippen LogP contribution in [0.5, 0.6) is 0 Å². The number of fused-ring (bicyclic) bond motifs is 2. The highest BCUT2D eigenvalue weighted by molar-refractivity contribution is 6.31. The first kappa shape index (κ1) is 21.5. The molecule has 0 saturated carbocycles. The van der Waals surface area contributed by atoms with Crippen molar-refractivity contribution in [3.63, 3.8) is 0 Å². The SMILES string of the molecule is Nc1ncnc2c(C(=O)Nc3c(F)ccc4c(Nc5cccc(Cl)c5F)nccc34)cccc12. The third kappa shape index (κ3) is 3.71. The van der Waals surface area contributed by atoms with Crippen molar-refractivity contribution >= 4 is 62.2 Å². The van der Waals surface area contributed by atoms with Crippen LogP contribution in [0.1, 0.15) is 10.4 Å². The predicted octanol–water partition coefficient (Wildman–Crippen LogP) is 5.69. The van der Waals surface area contributed by atoms with Gasteiger partial charge in [0.1, 0.15) is 23.8 Å². The summed E-state index contributed by atoms with van der Waals surface area (Å²) in [6.07, 6.45) is 2.68. The Kier molecular flexibility index (Phi) is 5.39. The van der Waals surface area contributed by atoms with Crippen molar-refractivity contribution < 1.29 is 13.6 Å². The van der Waals surface area contributed by atoms with E-state index in [1.165, 1.54) is 36.8 Å². The van der Waals surface area contributed by atoms with Crippen molar-refractivity contribution in [2.45, 2.75) is 0 Å². The minimum Gasteiger partial charge on any atom is -0.383 e. The fourth-order valence-electron chi connectivity index (χ4n) is 3.65. The Labute approximate surface area is 196 Å². The van der Waals surface area contributed by atoms with E-state index in [1.807, 2.05) is 0 Å². The molecule has 10 heteroatoms. The van der Waals surface area contributed by atoms with Gasteiger partial charge in [-0.3, -0.25) is 4.79 Å². The first-order valence-electron chi connectivity index (χ1n) is 10.0. The molecule has 34 heavy (non-hydrogen) atoms. The summed E-state index contributed by atoms with van der Waals surface area (Å²) in [5, 5.41) is 6.79. The van der Waals surface area contributed by atoms with Crippen LogP contribution in [0.15, 0.2) is 67.1 Å². The van der Waals surface area contributed by atoms with E-state index < -0.39 is 17.5 Å². The van der Waals surface area contributed by atoms with Crippen LogP contribution in [-0.4, -0.2) is 20.9 Å². The van der Waals surface area contributed by atoms with Gasteiger partial charge in [-0.05, 0) is 42.5 Å². The molecule has 3 aromatic carbocycles. The zero-order valence-electron chi connectivity index (χ0n) is 17.3. The van der Waals surface area contributed by atoms with Crippen molar-refractivity contribution in [2.24, 2.45) is 0 Å². The minimum absolute atomic E-state index is 0.0521. The summed E-state index contributed by atoms with van der Waals surface area (Å²) in [7, 11) is 0. The molecule has 4 N–H and O–H groups in total. The number of halogens is 3. The molecule has 1 amide bonds. The van der Waals surface area contributed by atoms with Gasteiger partial charge >= 0.3 is 0 Å². The van der Waals surface area contributed by atoms with Crippen LogP contribution in [0, 0.1) is 11.6 Å². The molecule has 168 valence electrons. The fourth-order valence-corrected chi connectivity index (χ4v) is 3.83. The number of anilines is 4. The number of benzene rings is 3. The topological polar surface area (TPSA) is 106 Å². The quantitative estimate of drug-likeness (QED) is 0.308. The smallest absolute Gasteiger partial charge is 0.257 e. The number of para-hydroxylation sites is 1. The highest BCUT2D eigenvalue weighted by Crippen LogP contribution is 2.33. The molecule has 5 rings (SSSR count). The Morgan fingerprint density at radius 3 is 2.59 bits per heavy atom. The van der Waals surface area contributed by atoms with Crippen molar-refractivity contribution in [1.29, 1.82) is 0 Å². The van der Waals surface area contributed by atoms with E-state index in [-0.39, 0.29) is 33.6 Å². The molecule has 0 aliphatic rings. The summed E-state index contributed by atoms with van der Waals surface area (Å²) in [5.74, 6) is -1.38. The number of hydrogen-bond acceptors (Lipinski definition) is 6. The van der Waals surface area contributed by atoms with E-state index >= 15 is 0 Å². The maximum Gasteiger partial charge on any atom is 0.257 e. The van der Waals surface area contributed by atoms with Gasteiger partial charge < -0.3 is 16.4 Å². The van der Waals surface area contributed by atoms with Crippen molar-refractivity contribution in [3.8, 4) is 0 Å². The molecular weight excluding hydrogens is 462 g/mol. The van der Waals surface area contributed by atoms with Crippen LogP contribution in [0.3, 0.4) is 0 Å². The van der Waals surface area contributed by atoms with Gasteiger partial charge in [0.2, 0.25) is 0 Å². The lowest BCUT2D eigenvalue weighted by Gasteiger charge is -2.14. The first-order chi connectivity index (χ1) is 16.4. The van der Waals surface area contributed by atoms with Crippen LogP contribution >= 0.6 is 11.6 Å². The summed E-state index contributed by atoms with van der Waals surface area (Å²) >= 11 is 5.86. The van der Waals surface area contributed by atoms with E-state index in [9.17, 15) is 13.6 Å². The lowest BCUT2D eigenvalue weighted by atomic mass is 10.1. The molecule has 2 heterocycles. The maximum atomic E-state index is 14.9. The molecular formula is C24H15ClF2N6O. The van der Waals surface area contributed by atoms with E-state index in [4.69, 9.17) is 17.3 Å². The number of pyridine rings is 1. The number of nitrogens with two attached hydrogens (primary N) is 1. The molecule has 0 bridgehead atoms. The normalized spacial score (nSPS) is 11.0. The molecule has 0 aliphatic carbocycles. The molecule has 5 aromatic rings. The number of carbonyl (C=O) groups is 1. The zero-order chi connectivity index (χ0) is 23.8. The number of nitrogens with one attached hydrogen (secondary N) is 2. The predicted molar refractivity (Wildman–Crippen MR) is 128 cm³/mol. The van der Waals surface area contributed by atoms with Crippen LogP contribution in [0.4, 0.5) is 31.8 Å². The Bertz CT molecular complexity index is 1590. The lowest BCUT2D eigenvalue weighted by molar-refractivity contribution is 0.102. The highest BCUT2D eigenvalue weighted by Gasteiger charge is 2.18. The van der Waals surface area contributed by atoms with E-state index in [2.05, 4.69) is 25.6 Å². The Hall–Kier alpha value is -4.37. The van der Waals surface area contributed by atoms with Gasteiger partial charge in [0, 0.05) is 22.4 Å². The minimum atomic E-state index is -0.652. The number of amides is 1. The fraction of sp³-hybridized carbons (Fsp3) is 0. The van der Waals surface area contributed by atoms with Crippen LogP contribution in [0.2, 0.25) is 5.02 Å². The van der Waals surface area contributed by atoms with Gasteiger partial charge in [-0.2, -0.15) is 0 Å². The number of nitrogen functional groups attached to an aromatic ring is 1. The number of aromatic nitrogens is 3. The molecule has 0 saturated heterocycles. The Balaban J connectivity index is 1.57. The molecule has 0 aliphatic heterocycles. The number of rotatable bonds is 4. The maximum absolute atomic E-state index is 14.9. The van der Waals surface area contributed by atoms with Gasteiger partial charge in [0.05, 0.1) is 27.5 Å². The van der Waals surface area contributed by atoms with E-state index in [1.54, 1.807) is 30.3 Å². The second-order valence-corrected chi connectivity index (χ2v) is 7.73. The summed E-state index contributed by atoms with van der Waals surface area (Å²) in [6.45, 7) is 0. The molecule has 0 unspecified atom stereocenters. The van der Waals surface area contributed by atoms with Crippen LogP contribution in [0.25, 0.3) is 21.7 Å². The number of hydrogen-bond donors (Lipinski definition) is 3. The van der Waals surface area contributed by atoms with Crippen molar-refractivity contribution in [2.75, 3.05) is 16.4 Å². The molecule has 0 radical (unpaired) electrons. The first-order valence-corrected chi connectivity index (χ1v) is 10.4. The second kappa shape index (κ2) is 8.53.